The van der Waals surface area contributed by atoms with Gasteiger partial charge in [0.25, 0.3) is 0 Å². The number of methoxy groups -OCH3 is 1. The SMILES string of the molecule is COc1ccccc1NC(=O)N1[C@@H](C(=O)NCc2ccccc2Cl)CS[C@H]1c1ccc(C)cc1. The molecule has 8 heteroatoms. The van der Waals surface area contributed by atoms with Crippen molar-refractivity contribution < 1.29 is 14.3 Å². The molecular weight excluding hydrogens is 470 g/mol. The molecule has 3 amide bonds. The zero-order chi connectivity index (χ0) is 24.1. The van der Waals surface area contributed by atoms with E-state index >= 15 is 0 Å². The summed E-state index contributed by atoms with van der Waals surface area (Å²) in [6.45, 7) is 2.31. The summed E-state index contributed by atoms with van der Waals surface area (Å²) in [4.78, 5) is 28.4. The van der Waals surface area contributed by atoms with Crippen molar-refractivity contribution in [2.75, 3.05) is 18.2 Å². The second kappa shape index (κ2) is 10.8. The van der Waals surface area contributed by atoms with Gasteiger partial charge in [-0.15, -0.1) is 11.8 Å². The largest absolute Gasteiger partial charge is 0.495 e. The third kappa shape index (κ3) is 5.32. The summed E-state index contributed by atoms with van der Waals surface area (Å²) in [5.74, 6) is 0.804. The number of nitrogens with zero attached hydrogens (tertiary/aromatic N) is 1. The number of ether oxygens (including phenoxy) is 1. The van der Waals surface area contributed by atoms with Gasteiger partial charge < -0.3 is 15.4 Å². The Bertz CT molecular complexity index is 1170. The van der Waals surface area contributed by atoms with Gasteiger partial charge in [-0.1, -0.05) is 71.8 Å². The van der Waals surface area contributed by atoms with Crippen molar-refractivity contribution in [1.29, 1.82) is 0 Å². The number of carbonyl (C=O) groups is 2. The average molecular weight is 496 g/mol. The van der Waals surface area contributed by atoms with Crippen molar-refractivity contribution in [2.45, 2.75) is 24.9 Å². The smallest absolute Gasteiger partial charge is 0.323 e. The molecule has 1 aliphatic rings. The van der Waals surface area contributed by atoms with Crippen LogP contribution in [-0.2, 0) is 11.3 Å². The standard InChI is InChI=1S/C26H26ClN3O3S/c1-17-11-13-18(14-12-17)25-30(26(32)29-21-9-5-6-10-23(21)33-2)22(16-34-25)24(31)28-15-19-7-3-4-8-20(19)27/h3-14,22,25H,15-16H2,1-2H3,(H,28,31)(H,29,32)/t22-,25+/m1/s1. The zero-order valence-corrected chi connectivity index (χ0v) is 20.5. The fourth-order valence-electron chi connectivity index (χ4n) is 3.81. The maximum atomic E-state index is 13.5. The maximum absolute atomic E-state index is 13.5. The number of urea groups is 1. The van der Waals surface area contributed by atoms with Crippen molar-refractivity contribution >= 4 is 41.0 Å². The molecule has 0 radical (unpaired) electrons. The Morgan fingerprint density at radius 3 is 2.50 bits per heavy atom. The van der Waals surface area contributed by atoms with E-state index in [2.05, 4.69) is 10.6 Å². The van der Waals surface area contributed by atoms with Crippen LogP contribution in [0.5, 0.6) is 5.75 Å². The van der Waals surface area contributed by atoms with Gasteiger partial charge in [-0.2, -0.15) is 0 Å². The second-order valence-electron chi connectivity index (χ2n) is 7.96. The lowest BCUT2D eigenvalue weighted by atomic mass is 10.1. The Kier molecular flexibility index (Phi) is 7.65. The number of hydrogen-bond donors (Lipinski definition) is 2. The molecule has 1 aliphatic heterocycles. The third-order valence-corrected chi connectivity index (χ3v) is 7.35. The predicted octanol–water partition coefficient (Wildman–Crippen LogP) is 5.62. The van der Waals surface area contributed by atoms with Gasteiger partial charge in [0.05, 0.1) is 12.8 Å². The van der Waals surface area contributed by atoms with Crippen molar-refractivity contribution in [1.82, 2.24) is 10.2 Å². The van der Waals surface area contributed by atoms with Crippen LogP contribution in [0.15, 0.2) is 72.8 Å². The van der Waals surface area contributed by atoms with Gasteiger partial charge in [0.1, 0.15) is 17.2 Å². The molecule has 1 fully saturated rings. The number of anilines is 1. The molecule has 1 saturated heterocycles. The first-order chi connectivity index (χ1) is 16.5. The molecule has 3 aromatic rings. The van der Waals surface area contributed by atoms with Gasteiger partial charge in [0.15, 0.2) is 0 Å². The highest BCUT2D eigenvalue weighted by molar-refractivity contribution is 7.99. The van der Waals surface area contributed by atoms with Crippen LogP contribution in [-0.4, -0.2) is 35.7 Å². The van der Waals surface area contributed by atoms with E-state index in [9.17, 15) is 9.59 Å². The first kappa shape index (κ1) is 24.0. The highest BCUT2D eigenvalue weighted by Gasteiger charge is 2.42. The van der Waals surface area contributed by atoms with Crippen LogP contribution in [0, 0.1) is 6.92 Å². The van der Waals surface area contributed by atoms with Crippen molar-refractivity contribution in [3.05, 3.63) is 94.5 Å². The van der Waals surface area contributed by atoms with Gasteiger partial charge in [-0.3, -0.25) is 9.69 Å². The highest BCUT2D eigenvalue weighted by atomic mass is 35.5. The van der Waals surface area contributed by atoms with Gasteiger partial charge >= 0.3 is 6.03 Å². The van der Waals surface area contributed by atoms with Gasteiger partial charge in [-0.25, -0.2) is 4.79 Å². The summed E-state index contributed by atoms with van der Waals surface area (Å²) >= 11 is 7.81. The highest BCUT2D eigenvalue weighted by Crippen LogP contribution is 2.42. The number of aryl methyl sites for hydroxylation is 1. The number of hydrogen-bond acceptors (Lipinski definition) is 4. The molecule has 6 nitrogen and oxygen atoms in total. The lowest BCUT2D eigenvalue weighted by molar-refractivity contribution is -0.124. The van der Waals surface area contributed by atoms with E-state index in [1.54, 1.807) is 42.0 Å². The summed E-state index contributed by atoms with van der Waals surface area (Å²) in [7, 11) is 1.55. The Labute approximate surface area is 208 Å². The number of nitrogens with one attached hydrogen (secondary N) is 2. The number of benzene rings is 3. The number of rotatable bonds is 6. The molecule has 1 heterocycles. The summed E-state index contributed by atoms with van der Waals surface area (Å²) in [5.41, 5.74) is 3.46. The molecule has 4 rings (SSSR count). The predicted molar refractivity (Wildman–Crippen MR) is 137 cm³/mol. The van der Waals surface area contributed by atoms with Gasteiger partial charge in [0.2, 0.25) is 5.91 Å². The molecule has 0 saturated carbocycles. The van der Waals surface area contributed by atoms with E-state index in [0.29, 0.717) is 22.2 Å². The Hall–Kier alpha value is -3.16. The van der Waals surface area contributed by atoms with Crippen LogP contribution < -0.4 is 15.4 Å². The van der Waals surface area contributed by atoms with Crippen molar-refractivity contribution in [3.63, 3.8) is 0 Å². The Balaban J connectivity index is 1.58. The second-order valence-corrected chi connectivity index (χ2v) is 9.48. The number of amides is 3. The van der Waals surface area contributed by atoms with Gasteiger partial charge in [-0.05, 0) is 36.2 Å². The van der Waals surface area contributed by atoms with Crippen LogP contribution in [0.3, 0.4) is 0 Å². The van der Waals surface area contributed by atoms with E-state index in [4.69, 9.17) is 16.3 Å². The van der Waals surface area contributed by atoms with Crippen molar-refractivity contribution in [3.8, 4) is 5.75 Å². The summed E-state index contributed by atoms with van der Waals surface area (Å²) in [6, 6.07) is 21.6. The molecular formula is C26H26ClN3O3S. The normalized spacial score (nSPS) is 17.3. The van der Waals surface area contributed by atoms with Crippen LogP contribution >= 0.6 is 23.4 Å². The minimum absolute atomic E-state index is 0.225. The van der Waals surface area contributed by atoms with E-state index in [1.165, 1.54) is 0 Å². The summed E-state index contributed by atoms with van der Waals surface area (Å²) < 4.78 is 5.38. The van der Waals surface area contributed by atoms with E-state index in [-0.39, 0.29) is 23.9 Å². The molecule has 0 aliphatic carbocycles. The van der Waals surface area contributed by atoms with E-state index in [0.717, 1.165) is 16.7 Å². The lowest BCUT2D eigenvalue weighted by Gasteiger charge is -2.29. The Morgan fingerprint density at radius 1 is 1.06 bits per heavy atom. The minimum Gasteiger partial charge on any atom is -0.495 e. The molecule has 0 spiro atoms. The number of halogens is 1. The zero-order valence-electron chi connectivity index (χ0n) is 19.0. The van der Waals surface area contributed by atoms with Crippen molar-refractivity contribution in [2.24, 2.45) is 0 Å². The fraction of sp³-hybridized carbons (Fsp3) is 0.231. The molecule has 0 aromatic heterocycles. The average Bonchev–Trinajstić information content (AvgIpc) is 3.29. The van der Waals surface area contributed by atoms with Crippen LogP contribution in [0.25, 0.3) is 0 Å². The number of carbonyl (C=O) groups excluding carboxylic acids is 2. The summed E-state index contributed by atoms with van der Waals surface area (Å²) in [5, 5.41) is 6.17. The van der Waals surface area contributed by atoms with Crippen LogP contribution in [0.2, 0.25) is 5.02 Å². The first-order valence-electron chi connectivity index (χ1n) is 10.9. The van der Waals surface area contributed by atoms with Gasteiger partial charge in [0, 0.05) is 17.3 Å². The van der Waals surface area contributed by atoms with E-state index < -0.39 is 6.04 Å². The number of thioether (sulfide) groups is 1. The minimum atomic E-state index is -0.645. The number of para-hydroxylation sites is 2. The Morgan fingerprint density at radius 2 is 1.76 bits per heavy atom. The van der Waals surface area contributed by atoms with Crippen LogP contribution in [0.4, 0.5) is 10.5 Å². The lowest BCUT2D eigenvalue weighted by Crippen LogP contribution is -2.49. The monoisotopic (exact) mass is 495 g/mol. The van der Waals surface area contributed by atoms with Crippen LogP contribution in [0.1, 0.15) is 22.1 Å². The quantitative estimate of drug-likeness (QED) is 0.465. The first-order valence-corrected chi connectivity index (χ1v) is 12.3. The summed E-state index contributed by atoms with van der Waals surface area (Å²) in [6.07, 6.45) is 0. The molecule has 34 heavy (non-hydrogen) atoms. The third-order valence-electron chi connectivity index (χ3n) is 5.66. The molecule has 0 bridgehead atoms. The molecule has 176 valence electrons. The molecule has 2 N–H and O–H groups in total. The molecule has 0 unspecified atom stereocenters. The maximum Gasteiger partial charge on any atom is 0.323 e. The van der Waals surface area contributed by atoms with E-state index in [1.807, 2.05) is 61.5 Å². The topological polar surface area (TPSA) is 70.7 Å². The molecule has 3 aromatic carbocycles. The molecule has 2 atom stereocenters. The fourth-order valence-corrected chi connectivity index (χ4v) is 5.45.